The number of rotatable bonds is 7. The molecule has 5 nitrogen and oxygen atoms in total. The minimum Gasteiger partial charge on any atom is -0.377 e. The molecule has 27 heavy (non-hydrogen) atoms. The second-order valence-electron chi connectivity index (χ2n) is 8.17. The number of aliphatic hydroxyl groups excluding tert-OH is 1. The zero-order valence-corrected chi connectivity index (χ0v) is 17.6. The van der Waals surface area contributed by atoms with Gasteiger partial charge in [0.25, 0.3) is 0 Å². The van der Waals surface area contributed by atoms with Crippen molar-refractivity contribution in [2.24, 2.45) is 5.92 Å². The fourth-order valence-corrected chi connectivity index (χ4v) is 6.00. The van der Waals surface area contributed by atoms with Gasteiger partial charge in [-0.15, -0.1) is 0 Å². The smallest absolute Gasteiger partial charge is 0.215 e. The Morgan fingerprint density at radius 1 is 1.22 bits per heavy atom. The highest BCUT2D eigenvalue weighted by molar-refractivity contribution is 7.89. The van der Waals surface area contributed by atoms with Crippen molar-refractivity contribution in [3.8, 4) is 0 Å². The molecule has 2 unspecified atom stereocenters. The van der Waals surface area contributed by atoms with E-state index in [1.807, 2.05) is 29.2 Å². The molecular weight excluding hydrogens is 384 g/mol. The average molecular weight is 415 g/mol. The van der Waals surface area contributed by atoms with E-state index in [0.717, 1.165) is 55.5 Å². The standard InChI is InChI=1S/C20H31ClN2O3S/c1-15-8-10-17(11-9-15)22-27(25,26)14-20(24)23-12-4-6-18(23)13-16-5-2-3-7-19(16)21/h2-3,5,7,15,17-18,20,22,24H,4,6,8-14H2,1H3. The Labute approximate surface area is 168 Å². The Morgan fingerprint density at radius 2 is 1.93 bits per heavy atom. The molecule has 2 atom stereocenters. The molecule has 0 radical (unpaired) electrons. The second kappa shape index (κ2) is 9.23. The molecule has 1 aromatic carbocycles. The summed E-state index contributed by atoms with van der Waals surface area (Å²) in [6.45, 7) is 2.92. The summed E-state index contributed by atoms with van der Waals surface area (Å²) >= 11 is 6.27. The molecule has 1 heterocycles. The van der Waals surface area contributed by atoms with Crippen LogP contribution in [0.25, 0.3) is 0 Å². The van der Waals surface area contributed by atoms with E-state index < -0.39 is 16.3 Å². The van der Waals surface area contributed by atoms with Crippen LogP contribution in [0.4, 0.5) is 0 Å². The Balaban J connectivity index is 1.57. The summed E-state index contributed by atoms with van der Waals surface area (Å²) < 4.78 is 27.9. The third-order valence-corrected chi connectivity index (χ3v) is 7.75. The predicted octanol–water partition coefficient (Wildman–Crippen LogP) is 3.16. The molecule has 0 spiro atoms. The van der Waals surface area contributed by atoms with Gasteiger partial charge in [-0.25, -0.2) is 13.1 Å². The van der Waals surface area contributed by atoms with Gasteiger partial charge < -0.3 is 5.11 Å². The summed E-state index contributed by atoms with van der Waals surface area (Å²) in [7, 11) is -3.51. The van der Waals surface area contributed by atoms with Crippen LogP contribution < -0.4 is 4.72 Å². The van der Waals surface area contributed by atoms with Crippen LogP contribution in [0.1, 0.15) is 51.0 Å². The van der Waals surface area contributed by atoms with Gasteiger partial charge in [0, 0.05) is 23.7 Å². The van der Waals surface area contributed by atoms with Crippen molar-refractivity contribution in [3.05, 3.63) is 34.9 Å². The molecule has 1 aliphatic carbocycles. The number of nitrogens with one attached hydrogen (secondary N) is 1. The zero-order valence-electron chi connectivity index (χ0n) is 16.0. The quantitative estimate of drug-likeness (QED) is 0.719. The summed E-state index contributed by atoms with van der Waals surface area (Å²) in [6.07, 6.45) is 5.52. The minimum atomic E-state index is -3.51. The van der Waals surface area contributed by atoms with E-state index in [4.69, 9.17) is 11.6 Å². The first-order chi connectivity index (χ1) is 12.8. The largest absolute Gasteiger partial charge is 0.377 e. The lowest BCUT2D eigenvalue weighted by molar-refractivity contribution is 0.0123. The maximum atomic E-state index is 12.5. The molecule has 0 amide bonds. The van der Waals surface area contributed by atoms with Crippen LogP contribution in [0.2, 0.25) is 5.02 Å². The Morgan fingerprint density at radius 3 is 2.63 bits per heavy atom. The third-order valence-electron chi connectivity index (χ3n) is 5.95. The number of benzene rings is 1. The van der Waals surface area contributed by atoms with Gasteiger partial charge in [-0.2, -0.15) is 0 Å². The SMILES string of the molecule is CC1CCC(NS(=O)(=O)CC(O)N2CCCC2Cc2ccccc2Cl)CC1. The van der Waals surface area contributed by atoms with Crippen LogP contribution in [0.3, 0.4) is 0 Å². The maximum Gasteiger partial charge on any atom is 0.215 e. The lowest BCUT2D eigenvalue weighted by Gasteiger charge is -2.31. The fraction of sp³-hybridized carbons (Fsp3) is 0.700. The van der Waals surface area contributed by atoms with Crippen molar-refractivity contribution in [2.75, 3.05) is 12.3 Å². The van der Waals surface area contributed by atoms with Crippen molar-refractivity contribution >= 4 is 21.6 Å². The molecule has 2 N–H and O–H groups in total. The van der Waals surface area contributed by atoms with Crippen molar-refractivity contribution in [3.63, 3.8) is 0 Å². The van der Waals surface area contributed by atoms with Crippen molar-refractivity contribution in [1.29, 1.82) is 0 Å². The molecule has 3 rings (SSSR count). The van der Waals surface area contributed by atoms with Crippen LogP contribution in [0.15, 0.2) is 24.3 Å². The first-order valence-corrected chi connectivity index (χ1v) is 12.0. The summed E-state index contributed by atoms with van der Waals surface area (Å²) in [5, 5.41) is 11.4. The Bertz CT molecular complexity index is 720. The first-order valence-electron chi connectivity index (χ1n) is 10.0. The molecule has 2 fully saturated rings. The normalized spacial score (nSPS) is 28.3. The van der Waals surface area contributed by atoms with Crippen LogP contribution >= 0.6 is 11.6 Å². The Hall–Kier alpha value is -0.660. The second-order valence-corrected chi connectivity index (χ2v) is 10.4. The van der Waals surface area contributed by atoms with Crippen LogP contribution in [-0.4, -0.2) is 49.0 Å². The number of sulfonamides is 1. The highest BCUT2D eigenvalue weighted by Gasteiger charge is 2.33. The molecule has 7 heteroatoms. The Kier molecular flexibility index (Phi) is 7.20. The van der Waals surface area contributed by atoms with Gasteiger partial charge in [0.1, 0.15) is 12.0 Å². The van der Waals surface area contributed by atoms with E-state index in [0.29, 0.717) is 12.5 Å². The fourth-order valence-electron chi connectivity index (χ4n) is 4.36. The van der Waals surface area contributed by atoms with Gasteiger partial charge in [-0.3, -0.25) is 4.90 Å². The monoisotopic (exact) mass is 414 g/mol. The summed E-state index contributed by atoms with van der Waals surface area (Å²) in [5.74, 6) is 0.407. The first kappa shape index (κ1) is 21.1. The van der Waals surface area contributed by atoms with Gasteiger partial charge in [0.15, 0.2) is 0 Å². The number of aliphatic hydroxyl groups is 1. The lowest BCUT2D eigenvalue weighted by atomic mass is 9.88. The van der Waals surface area contributed by atoms with E-state index in [1.54, 1.807) is 0 Å². The lowest BCUT2D eigenvalue weighted by Crippen LogP contribution is -2.48. The number of nitrogens with zero attached hydrogens (tertiary/aromatic N) is 1. The highest BCUT2D eigenvalue weighted by Crippen LogP contribution is 2.27. The highest BCUT2D eigenvalue weighted by atomic mass is 35.5. The molecule has 152 valence electrons. The van der Waals surface area contributed by atoms with Crippen LogP contribution in [-0.2, 0) is 16.4 Å². The van der Waals surface area contributed by atoms with Crippen LogP contribution in [0.5, 0.6) is 0 Å². The van der Waals surface area contributed by atoms with E-state index in [1.165, 1.54) is 0 Å². The van der Waals surface area contributed by atoms with Crippen molar-refractivity contribution < 1.29 is 13.5 Å². The molecule has 1 saturated heterocycles. The zero-order chi connectivity index (χ0) is 19.4. The average Bonchev–Trinajstić information content (AvgIpc) is 3.07. The molecule has 0 aromatic heterocycles. The van der Waals surface area contributed by atoms with Crippen molar-refractivity contribution in [2.45, 2.75) is 70.2 Å². The maximum absolute atomic E-state index is 12.5. The number of likely N-dealkylation sites (tertiary alicyclic amines) is 1. The number of hydrogen-bond acceptors (Lipinski definition) is 4. The molecule has 1 aromatic rings. The van der Waals surface area contributed by atoms with E-state index in [9.17, 15) is 13.5 Å². The van der Waals surface area contributed by atoms with Gasteiger partial charge in [0.05, 0.1) is 0 Å². The molecule has 2 aliphatic rings. The van der Waals surface area contributed by atoms with Gasteiger partial charge in [0.2, 0.25) is 10.0 Å². The molecule has 1 aliphatic heterocycles. The minimum absolute atomic E-state index is 0.0101. The molecule has 1 saturated carbocycles. The summed E-state index contributed by atoms with van der Waals surface area (Å²) in [5.41, 5.74) is 1.04. The van der Waals surface area contributed by atoms with Crippen molar-refractivity contribution in [1.82, 2.24) is 9.62 Å². The van der Waals surface area contributed by atoms with Gasteiger partial charge in [-0.05, 0) is 62.5 Å². The van der Waals surface area contributed by atoms with E-state index in [-0.39, 0.29) is 17.8 Å². The molecular formula is C20H31ClN2O3S. The number of halogens is 1. The van der Waals surface area contributed by atoms with Crippen LogP contribution in [0, 0.1) is 5.92 Å². The van der Waals surface area contributed by atoms with E-state index in [2.05, 4.69) is 11.6 Å². The number of hydrogen-bond donors (Lipinski definition) is 2. The van der Waals surface area contributed by atoms with Gasteiger partial charge in [-0.1, -0.05) is 36.7 Å². The predicted molar refractivity (Wildman–Crippen MR) is 109 cm³/mol. The van der Waals surface area contributed by atoms with E-state index >= 15 is 0 Å². The third kappa shape index (κ3) is 5.91. The summed E-state index contributed by atoms with van der Waals surface area (Å²) in [4.78, 5) is 1.92. The molecule has 0 bridgehead atoms. The topological polar surface area (TPSA) is 69.6 Å². The van der Waals surface area contributed by atoms with Gasteiger partial charge >= 0.3 is 0 Å². The summed E-state index contributed by atoms with van der Waals surface area (Å²) in [6, 6.07) is 7.84.